The minimum atomic E-state index is -0.0459. The first kappa shape index (κ1) is 11.7. The lowest BCUT2D eigenvalue weighted by Gasteiger charge is -2.27. The Hall–Kier alpha value is -2.37. The summed E-state index contributed by atoms with van der Waals surface area (Å²) in [6.07, 6.45) is 1.69. The van der Waals surface area contributed by atoms with Gasteiger partial charge in [-0.05, 0) is 19.1 Å². The second-order valence-corrected chi connectivity index (χ2v) is 4.76. The Bertz CT molecular complexity index is 634. The third-order valence-corrected chi connectivity index (χ3v) is 3.37. The van der Waals surface area contributed by atoms with Crippen LogP contribution >= 0.6 is 0 Å². The van der Waals surface area contributed by atoms with Crippen LogP contribution in [0.5, 0.6) is 0 Å². The molecule has 0 spiro atoms. The Morgan fingerprint density at radius 2 is 2.21 bits per heavy atom. The highest BCUT2D eigenvalue weighted by atomic mass is 16.2. The number of benzene rings is 1. The summed E-state index contributed by atoms with van der Waals surface area (Å²) in [5, 5.41) is 7.86. The van der Waals surface area contributed by atoms with Crippen LogP contribution in [0.2, 0.25) is 0 Å². The first-order valence-electron chi connectivity index (χ1n) is 6.17. The number of hydrogen-bond donors (Lipinski definition) is 1. The summed E-state index contributed by atoms with van der Waals surface area (Å²) in [7, 11) is 0. The number of nitrogen functional groups attached to an aromatic ring is 1. The molecule has 1 aromatic carbocycles. The highest BCUT2D eigenvalue weighted by molar-refractivity contribution is 5.99. The maximum Gasteiger partial charge on any atom is 0.256 e. The number of nitrogens with zero attached hydrogens (tertiary/aromatic N) is 4. The lowest BCUT2D eigenvalue weighted by molar-refractivity contribution is 0.0708. The van der Waals surface area contributed by atoms with Gasteiger partial charge in [-0.1, -0.05) is 11.6 Å². The predicted molar refractivity (Wildman–Crippen MR) is 70.4 cm³/mol. The molecule has 1 aliphatic heterocycles. The molecule has 2 heterocycles. The van der Waals surface area contributed by atoms with Gasteiger partial charge in [-0.25, -0.2) is 0 Å². The van der Waals surface area contributed by atoms with Gasteiger partial charge in [0, 0.05) is 18.8 Å². The molecular formula is C13H15N5O. The lowest BCUT2D eigenvalue weighted by atomic mass is 10.1. The van der Waals surface area contributed by atoms with E-state index in [0.29, 0.717) is 24.3 Å². The molecule has 98 valence electrons. The van der Waals surface area contributed by atoms with Crippen molar-refractivity contribution >= 4 is 11.6 Å². The Kier molecular flexibility index (Phi) is 2.70. The third-order valence-electron chi connectivity index (χ3n) is 3.37. The van der Waals surface area contributed by atoms with Crippen LogP contribution in [-0.2, 0) is 13.1 Å². The molecule has 1 amide bonds. The van der Waals surface area contributed by atoms with E-state index in [0.717, 1.165) is 17.9 Å². The van der Waals surface area contributed by atoms with E-state index in [-0.39, 0.29) is 5.91 Å². The van der Waals surface area contributed by atoms with Crippen LogP contribution in [0.25, 0.3) is 0 Å². The number of aromatic nitrogens is 3. The molecule has 2 N–H and O–H groups in total. The number of fused-ring (bicyclic) bond motifs is 1. The molecule has 0 bridgehead atoms. The molecule has 0 aliphatic carbocycles. The van der Waals surface area contributed by atoms with Gasteiger partial charge < -0.3 is 15.2 Å². The molecule has 0 unspecified atom stereocenters. The van der Waals surface area contributed by atoms with Gasteiger partial charge >= 0.3 is 0 Å². The zero-order chi connectivity index (χ0) is 13.4. The SMILES string of the molecule is Cc1ccc(N)c(C(=O)N2CCn3cnnc3C2)c1. The van der Waals surface area contributed by atoms with Crippen LogP contribution in [0, 0.1) is 6.92 Å². The number of nitrogens with two attached hydrogens (primary N) is 1. The van der Waals surface area contributed by atoms with E-state index in [1.165, 1.54) is 0 Å². The molecule has 0 saturated carbocycles. The van der Waals surface area contributed by atoms with Gasteiger partial charge in [0.2, 0.25) is 0 Å². The van der Waals surface area contributed by atoms with E-state index in [1.54, 1.807) is 17.3 Å². The van der Waals surface area contributed by atoms with Crippen molar-refractivity contribution in [2.75, 3.05) is 12.3 Å². The number of hydrogen-bond acceptors (Lipinski definition) is 4. The van der Waals surface area contributed by atoms with Crippen molar-refractivity contribution in [1.82, 2.24) is 19.7 Å². The molecule has 2 aromatic rings. The zero-order valence-electron chi connectivity index (χ0n) is 10.7. The molecule has 1 aromatic heterocycles. The normalized spacial score (nSPS) is 14.3. The van der Waals surface area contributed by atoms with E-state index in [9.17, 15) is 4.79 Å². The van der Waals surface area contributed by atoms with E-state index in [4.69, 9.17) is 5.73 Å². The van der Waals surface area contributed by atoms with E-state index < -0.39 is 0 Å². The predicted octanol–water partition coefficient (Wildman–Crippen LogP) is 0.825. The molecule has 1 aliphatic rings. The lowest BCUT2D eigenvalue weighted by Crippen LogP contribution is -2.38. The van der Waals surface area contributed by atoms with Crippen molar-refractivity contribution in [3.05, 3.63) is 41.5 Å². The van der Waals surface area contributed by atoms with Crippen molar-refractivity contribution in [2.24, 2.45) is 0 Å². The quantitative estimate of drug-likeness (QED) is 0.767. The molecule has 0 fully saturated rings. The smallest absolute Gasteiger partial charge is 0.256 e. The topological polar surface area (TPSA) is 77.0 Å². The first-order chi connectivity index (χ1) is 9.15. The number of carbonyl (C=O) groups is 1. The first-order valence-corrected chi connectivity index (χ1v) is 6.17. The van der Waals surface area contributed by atoms with E-state index in [1.807, 2.05) is 23.6 Å². The number of amides is 1. The van der Waals surface area contributed by atoms with Crippen LogP contribution < -0.4 is 5.73 Å². The highest BCUT2D eigenvalue weighted by Crippen LogP contribution is 2.19. The molecule has 0 atom stereocenters. The van der Waals surface area contributed by atoms with Crippen molar-refractivity contribution in [3.8, 4) is 0 Å². The second-order valence-electron chi connectivity index (χ2n) is 4.76. The maximum absolute atomic E-state index is 12.5. The summed E-state index contributed by atoms with van der Waals surface area (Å²) in [5.41, 5.74) is 8.00. The fourth-order valence-electron chi connectivity index (χ4n) is 2.27. The van der Waals surface area contributed by atoms with Gasteiger partial charge in [0.15, 0.2) is 5.82 Å². The van der Waals surface area contributed by atoms with Gasteiger partial charge in [-0.2, -0.15) is 0 Å². The molecule has 0 radical (unpaired) electrons. The molecule has 3 rings (SSSR count). The van der Waals surface area contributed by atoms with Gasteiger partial charge in [-0.15, -0.1) is 10.2 Å². The van der Waals surface area contributed by atoms with Crippen LogP contribution in [0.15, 0.2) is 24.5 Å². The molecule has 19 heavy (non-hydrogen) atoms. The second kappa shape index (κ2) is 4.38. The van der Waals surface area contributed by atoms with Crippen LogP contribution in [0.1, 0.15) is 21.7 Å². The fraction of sp³-hybridized carbons (Fsp3) is 0.308. The minimum absolute atomic E-state index is 0.0459. The van der Waals surface area contributed by atoms with Crippen molar-refractivity contribution < 1.29 is 4.79 Å². The summed E-state index contributed by atoms with van der Waals surface area (Å²) in [5.74, 6) is 0.765. The Morgan fingerprint density at radius 1 is 1.37 bits per heavy atom. The van der Waals surface area contributed by atoms with Crippen molar-refractivity contribution in [1.29, 1.82) is 0 Å². The molecule has 6 heteroatoms. The van der Waals surface area contributed by atoms with Crippen molar-refractivity contribution in [3.63, 3.8) is 0 Å². The fourth-order valence-corrected chi connectivity index (χ4v) is 2.27. The minimum Gasteiger partial charge on any atom is -0.398 e. The summed E-state index contributed by atoms with van der Waals surface area (Å²) >= 11 is 0. The van der Waals surface area contributed by atoms with Crippen LogP contribution in [0.3, 0.4) is 0 Å². The molecule has 6 nitrogen and oxygen atoms in total. The molecular weight excluding hydrogens is 242 g/mol. The maximum atomic E-state index is 12.5. The van der Waals surface area contributed by atoms with Crippen molar-refractivity contribution in [2.45, 2.75) is 20.0 Å². The van der Waals surface area contributed by atoms with Crippen LogP contribution in [0.4, 0.5) is 5.69 Å². The highest BCUT2D eigenvalue weighted by Gasteiger charge is 2.24. The van der Waals surface area contributed by atoms with E-state index in [2.05, 4.69) is 10.2 Å². The summed E-state index contributed by atoms with van der Waals surface area (Å²) in [4.78, 5) is 14.3. The molecule has 0 saturated heterocycles. The summed E-state index contributed by atoms with van der Waals surface area (Å²) < 4.78 is 1.96. The number of anilines is 1. The Morgan fingerprint density at radius 3 is 3.05 bits per heavy atom. The van der Waals surface area contributed by atoms with E-state index >= 15 is 0 Å². The van der Waals surface area contributed by atoms with Gasteiger partial charge in [0.05, 0.1) is 12.1 Å². The van der Waals surface area contributed by atoms with Gasteiger partial charge in [0.1, 0.15) is 6.33 Å². The van der Waals surface area contributed by atoms with Gasteiger partial charge in [0.25, 0.3) is 5.91 Å². The average Bonchev–Trinajstić information content (AvgIpc) is 2.88. The van der Waals surface area contributed by atoms with Gasteiger partial charge in [-0.3, -0.25) is 4.79 Å². The average molecular weight is 257 g/mol. The largest absolute Gasteiger partial charge is 0.398 e. The number of aryl methyl sites for hydroxylation is 1. The summed E-state index contributed by atoms with van der Waals surface area (Å²) in [6, 6.07) is 5.50. The summed E-state index contributed by atoms with van der Waals surface area (Å²) in [6.45, 7) is 3.80. The third kappa shape index (κ3) is 2.05. The standard InChI is InChI=1S/C13H15N5O/c1-9-2-3-11(14)10(6-9)13(19)17-4-5-18-8-15-16-12(18)7-17/h2-3,6,8H,4-5,7,14H2,1H3. The number of rotatable bonds is 1. The monoisotopic (exact) mass is 257 g/mol. The Labute approximate surface area is 110 Å². The van der Waals surface area contributed by atoms with Crippen LogP contribution in [-0.4, -0.2) is 32.1 Å². The zero-order valence-corrected chi connectivity index (χ0v) is 10.7. The number of carbonyl (C=O) groups excluding carboxylic acids is 1. The Balaban J connectivity index is 1.87.